The van der Waals surface area contributed by atoms with E-state index in [4.69, 9.17) is 0 Å². The van der Waals surface area contributed by atoms with Crippen LogP contribution >= 0.6 is 0 Å². The maximum atomic E-state index is 11.8. The lowest BCUT2D eigenvalue weighted by Crippen LogP contribution is -2.29. The predicted octanol–water partition coefficient (Wildman–Crippen LogP) is 2.54. The largest absolute Gasteiger partial charge is 0.274 e. The van der Waals surface area contributed by atoms with E-state index in [1.165, 1.54) is 10.5 Å². The van der Waals surface area contributed by atoms with Crippen molar-refractivity contribution in [2.45, 2.75) is 33.1 Å². The Balaban J connectivity index is 2.22. The van der Waals surface area contributed by atoms with Crippen LogP contribution in [-0.2, 0) is 16.0 Å². The molecule has 0 saturated carbocycles. The minimum absolute atomic E-state index is 0.0850. The van der Waals surface area contributed by atoms with Crippen molar-refractivity contribution in [3.8, 4) is 0 Å². The molecule has 0 N–H and O–H groups in total. The number of carbonyl (C=O) groups excluding carboxylic acids is 2. The van der Waals surface area contributed by atoms with E-state index in [2.05, 4.69) is 6.92 Å². The number of rotatable bonds is 3. The zero-order valence-electron chi connectivity index (χ0n) is 10.3. The van der Waals surface area contributed by atoms with E-state index < -0.39 is 0 Å². The molecule has 3 nitrogen and oxygen atoms in total. The van der Waals surface area contributed by atoms with Crippen LogP contribution in [0.3, 0.4) is 0 Å². The number of hydrogen-bond donors (Lipinski definition) is 0. The molecule has 3 heteroatoms. The fourth-order valence-corrected chi connectivity index (χ4v) is 2.16. The predicted molar refractivity (Wildman–Crippen MR) is 66.7 cm³/mol. The van der Waals surface area contributed by atoms with Gasteiger partial charge in [0.15, 0.2) is 0 Å². The third kappa shape index (κ3) is 2.23. The van der Waals surface area contributed by atoms with Crippen molar-refractivity contribution in [2.75, 3.05) is 4.90 Å². The zero-order valence-corrected chi connectivity index (χ0v) is 10.3. The minimum atomic E-state index is -0.183. The molecule has 0 radical (unpaired) electrons. The lowest BCUT2D eigenvalue weighted by Gasteiger charge is -2.14. The topological polar surface area (TPSA) is 37.4 Å². The van der Waals surface area contributed by atoms with Gasteiger partial charge < -0.3 is 0 Å². The van der Waals surface area contributed by atoms with Crippen molar-refractivity contribution in [3.05, 3.63) is 29.8 Å². The molecule has 1 aromatic carbocycles. The van der Waals surface area contributed by atoms with Crippen molar-refractivity contribution in [2.24, 2.45) is 5.92 Å². The molecule has 0 aliphatic carbocycles. The van der Waals surface area contributed by atoms with Gasteiger partial charge in [-0.3, -0.25) is 14.5 Å². The van der Waals surface area contributed by atoms with Gasteiger partial charge in [-0.1, -0.05) is 32.4 Å². The molecule has 1 aliphatic rings. The maximum Gasteiger partial charge on any atom is 0.237 e. The zero-order chi connectivity index (χ0) is 12.4. The summed E-state index contributed by atoms with van der Waals surface area (Å²) in [6, 6.07) is 7.70. The third-order valence-corrected chi connectivity index (χ3v) is 3.11. The first-order valence-electron chi connectivity index (χ1n) is 6.09. The van der Waals surface area contributed by atoms with Gasteiger partial charge in [-0.05, 0) is 24.1 Å². The van der Waals surface area contributed by atoms with Crippen LogP contribution in [-0.4, -0.2) is 11.8 Å². The number of amides is 2. The maximum absolute atomic E-state index is 11.8. The summed E-state index contributed by atoms with van der Waals surface area (Å²) in [5, 5.41) is 0. The van der Waals surface area contributed by atoms with Gasteiger partial charge in [0, 0.05) is 12.3 Å². The first-order chi connectivity index (χ1) is 8.13. The smallest absolute Gasteiger partial charge is 0.237 e. The van der Waals surface area contributed by atoms with Gasteiger partial charge in [-0.15, -0.1) is 0 Å². The van der Waals surface area contributed by atoms with E-state index in [9.17, 15) is 9.59 Å². The highest BCUT2D eigenvalue weighted by molar-refractivity contribution is 6.20. The number of aryl methyl sites for hydroxylation is 1. The van der Waals surface area contributed by atoms with E-state index in [1.54, 1.807) is 6.92 Å². The summed E-state index contributed by atoms with van der Waals surface area (Å²) in [7, 11) is 0. The van der Waals surface area contributed by atoms with Crippen molar-refractivity contribution < 1.29 is 9.59 Å². The van der Waals surface area contributed by atoms with E-state index in [0.717, 1.165) is 12.8 Å². The van der Waals surface area contributed by atoms with Crippen molar-refractivity contribution in [1.82, 2.24) is 0 Å². The molecule has 17 heavy (non-hydrogen) atoms. The third-order valence-electron chi connectivity index (χ3n) is 3.11. The Morgan fingerprint density at radius 2 is 1.88 bits per heavy atom. The lowest BCUT2D eigenvalue weighted by molar-refractivity contribution is -0.122. The highest BCUT2D eigenvalue weighted by Crippen LogP contribution is 2.26. The monoisotopic (exact) mass is 231 g/mol. The van der Waals surface area contributed by atoms with Crippen molar-refractivity contribution >= 4 is 17.5 Å². The summed E-state index contributed by atoms with van der Waals surface area (Å²) in [6.45, 7) is 3.93. The molecule has 0 aromatic heterocycles. The molecular weight excluding hydrogens is 214 g/mol. The molecular formula is C14H17NO2. The second-order valence-electron chi connectivity index (χ2n) is 4.59. The number of carbonyl (C=O) groups is 2. The summed E-state index contributed by atoms with van der Waals surface area (Å²) >= 11 is 0. The van der Waals surface area contributed by atoms with Gasteiger partial charge in [0.25, 0.3) is 0 Å². The second kappa shape index (κ2) is 4.70. The molecule has 1 fully saturated rings. The Labute approximate surface area is 101 Å². The molecule has 1 heterocycles. The van der Waals surface area contributed by atoms with E-state index in [1.807, 2.05) is 24.3 Å². The summed E-state index contributed by atoms with van der Waals surface area (Å²) in [4.78, 5) is 24.8. The van der Waals surface area contributed by atoms with Crippen LogP contribution in [0.1, 0.15) is 32.3 Å². The Morgan fingerprint density at radius 1 is 1.24 bits per heavy atom. The fourth-order valence-electron chi connectivity index (χ4n) is 2.16. The molecule has 0 spiro atoms. The van der Waals surface area contributed by atoms with E-state index in [0.29, 0.717) is 12.1 Å². The summed E-state index contributed by atoms with van der Waals surface area (Å²) < 4.78 is 0. The number of anilines is 1. The second-order valence-corrected chi connectivity index (χ2v) is 4.59. The van der Waals surface area contributed by atoms with Crippen LogP contribution in [0.25, 0.3) is 0 Å². The van der Waals surface area contributed by atoms with Crippen LogP contribution in [0.4, 0.5) is 5.69 Å². The van der Waals surface area contributed by atoms with Crippen molar-refractivity contribution in [3.63, 3.8) is 0 Å². The Hall–Kier alpha value is -1.64. The Bertz CT molecular complexity index is 436. The average molecular weight is 231 g/mol. The Kier molecular flexibility index (Phi) is 3.27. The standard InChI is InChI=1S/C14H17NO2/c1-3-4-11-5-7-12(8-6-11)15-13(16)9-10(2)14(15)17/h5-8,10H,3-4,9H2,1-2H3. The highest BCUT2D eigenvalue weighted by atomic mass is 16.2. The SMILES string of the molecule is CCCc1ccc(N2C(=O)CC(C)C2=O)cc1. The van der Waals surface area contributed by atoms with Crippen LogP contribution in [0.2, 0.25) is 0 Å². The number of nitrogens with zero attached hydrogens (tertiary/aromatic N) is 1. The van der Waals surface area contributed by atoms with Gasteiger partial charge in [0.1, 0.15) is 0 Å². The van der Waals surface area contributed by atoms with E-state index >= 15 is 0 Å². The molecule has 1 aromatic rings. The van der Waals surface area contributed by atoms with Crippen LogP contribution in [0.15, 0.2) is 24.3 Å². The van der Waals surface area contributed by atoms with Gasteiger partial charge >= 0.3 is 0 Å². The molecule has 1 atom stereocenters. The summed E-state index contributed by atoms with van der Waals surface area (Å²) in [5.74, 6) is -0.359. The summed E-state index contributed by atoms with van der Waals surface area (Å²) in [6.07, 6.45) is 2.45. The van der Waals surface area contributed by atoms with Gasteiger partial charge in [-0.2, -0.15) is 0 Å². The van der Waals surface area contributed by atoms with Crippen molar-refractivity contribution in [1.29, 1.82) is 0 Å². The number of benzene rings is 1. The molecule has 1 saturated heterocycles. The molecule has 1 unspecified atom stereocenters. The molecule has 2 amide bonds. The number of imide groups is 1. The van der Waals surface area contributed by atoms with Crippen LogP contribution in [0, 0.1) is 5.92 Å². The quantitative estimate of drug-likeness (QED) is 0.750. The normalized spacial score (nSPS) is 20.1. The molecule has 1 aliphatic heterocycles. The minimum Gasteiger partial charge on any atom is -0.274 e. The summed E-state index contributed by atoms with van der Waals surface area (Å²) in [5.41, 5.74) is 1.94. The van der Waals surface area contributed by atoms with Crippen LogP contribution in [0.5, 0.6) is 0 Å². The first-order valence-corrected chi connectivity index (χ1v) is 6.09. The molecule has 90 valence electrons. The average Bonchev–Trinajstić information content (AvgIpc) is 2.55. The highest BCUT2D eigenvalue weighted by Gasteiger charge is 2.36. The number of hydrogen-bond acceptors (Lipinski definition) is 2. The fraction of sp³-hybridized carbons (Fsp3) is 0.429. The molecule has 2 rings (SSSR count). The van der Waals surface area contributed by atoms with Crippen LogP contribution < -0.4 is 4.90 Å². The Morgan fingerprint density at radius 3 is 2.35 bits per heavy atom. The van der Waals surface area contributed by atoms with Gasteiger partial charge in [-0.25, -0.2) is 0 Å². The van der Waals surface area contributed by atoms with Gasteiger partial charge in [0.2, 0.25) is 11.8 Å². The van der Waals surface area contributed by atoms with Gasteiger partial charge in [0.05, 0.1) is 5.69 Å². The first kappa shape index (κ1) is 11.8. The molecule has 0 bridgehead atoms. The van der Waals surface area contributed by atoms with E-state index in [-0.39, 0.29) is 17.7 Å². The lowest BCUT2D eigenvalue weighted by atomic mass is 10.1.